The summed E-state index contributed by atoms with van der Waals surface area (Å²) in [4.78, 5) is 18.4. The van der Waals surface area contributed by atoms with Crippen LogP contribution in [0.1, 0.15) is 27.7 Å². The van der Waals surface area contributed by atoms with Crippen molar-refractivity contribution in [3.8, 4) is 0 Å². The summed E-state index contributed by atoms with van der Waals surface area (Å²) in [5, 5.41) is 14.8. The van der Waals surface area contributed by atoms with Gasteiger partial charge in [-0.25, -0.2) is 4.39 Å². The van der Waals surface area contributed by atoms with Crippen LogP contribution in [0.2, 0.25) is 0 Å². The van der Waals surface area contributed by atoms with Crippen LogP contribution in [0.4, 0.5) is 21.6 Å². The Hall–Kier alpha value is -4.46. The highest BCUT2D eigenvalue weighted by Crippen LogP contribution is 2.37. The van der Waals surface area contributed by atoms with E-state index in [9.17, 15) is 9.18 Å². The number of amidine groups is 1. The van der Waals surface area contributed by atoms with Gasteiger partial charge in [0.1, 0.15) is 17.8 Å². The Balaban J connectivity index is 1.43. The first kappa shape index (κ1) is 19.5. The largest absolute Gasteiger partial charge is 0.448 e. The summed E-state index contributed by atoms with van der Waals surface area (Å²) in [5.41, 5.74) is 3.05. The molecule has 3 N–H and O–H groups in total. The zero-order chi connectivity index (χ0) is 22.1. The molecule has 0 fully saturated rings. The van der Waals surface area contributed by atoms with Crippen molar-refractivity contribution < 1.29 is 13.6 Å². The molecule has 5 rings (SSSR count). The Morgan fingerprint density at radius 1 is 1.12 bits per heavy atom. The molecule has 1 aliphatic heterocycles. The number of rotatable bonds is 4. The Morgan fingerprint density at radius 3 is 2.72 bits per heavy atom. The Bertz CT molecular complexity index is 1290. The highest BCUT2D eigenvalue weighted by Gasteiger charge is 2.33. The average Bonchev–Trinajstić information content (AvgIpc) is 3.29. The highest BCUT2D eigenvalue weighted by atomic mass is 19.1. The quantitative estimate of drug-likeness (QED) is 0.425. The van der Waals surface area contributed by atoms with Gasteiger partial charge in [0, 0.05) is 34.9 Å². The summed E-state index contributed by atoms with van der Waals surface area (Å²) in [6, 6.07) is 18.1. The van der Waals surface area contributed by atoms with E-state index in [0.717, 1.165) is 11.3 Å². The van der Waals surface area contributed by atoms with Crippen LogP contribution in [-0.4, -0.2) is 16.7 Å². The predicted octanol–water partition coefficient (Wildman–Crippen LogP) is 5.02. The highest BCUT2D eigenvalue weighted by molar-refractivity contribution is 6.13. The summed E-state index contributed by atoms with van der Waals surface area (Å²) < 4.78 is 18.9. The Labute approximate surface area is 183 Å². The van der Waals surface area contributed by atoms with Gasteiger partial charge in [0.25, 0.3) is 5.91 Å². The summed E-state index contributed by atoms with van der Waals surface area (Å²) in [5.74, 6) is -0.0675. The van der Waals surface area contributed by atoms with Crippen LogP contribution < -0.4 is 15.5 Å². The fraction of sp³-hybridized carbons (Fsp3) is 0.0417. The molecular weight excluding hydrogens is 409 g/mol. The van der Waals surface area contributed by atoms with Gasteiger partial charge in [-0.15, -0.1) is 0 Å². The van der Waals surface area contributed by atoms with E-state index in [0.29, 0.717) is 17.1 Å². The van der Waals surface area contributed by atoms with Crippen LogP contribution in [0.25, 0.3) is 0 Å². The summed E-state index contributed by atoms with van der Waals surface area (Å²) >= 11 is 0. The minimum Gasteiger partial charge on any atom is -0.448 e. The molecule has 0 saturated carbocycles. The summed E-state index contributed by atoms with van der Waals surface area (Å²) in [6.45, 7) is 0. The van der Waals surface area contributed by atoms with Crippen molar-refractivity contribution in [2.75, 3.05) is 15.5 Å². The first-order valence-corrected chi connectivity index (χ1v) is 9.89. The first-order valence-electron chi connectivity index (χ1n) is 9.89. The maximum Gasteiger partial charge on any atom is 0.255 e. The van der Waals surface area contributed by atoms with Crippen molar-refractivity contribution >= 4 is 29.0 Å². The van der Waals surface area contributed by atoms with E-state index in [1.807, 2.05) is 29.2 Å². The monoisotopic (exact) mass is 427 g/mol. The summed E-state index contributed by atoms with van der Waals surface area (Å²) in [6.07, 6.45) is 4.57. The van der Waals surface area contributed by atoms with Crippen LogP contribution in [-0.2, 0) is 0 Å². The van der Waals surface area contributed by atoms with Crippen molar-refractivity contribution in [2.45, 2.75) is 6.17 Å². The molecule has 1 amide bonds. The average molecular weight is 427 g/mol. The van der Waals surface area contributed by atoms with Gasteiger partial charge >= 0.3 is 0 Å². The molecule has 4 aromatic rings. The lowest BCUT2D eigenvalue weighted by Crippen LogP contribution is -2.42. The number of fused-ring (bicyclic) bond motifs is 1. The van der Waals surface area contributed by atoms with Gasteiger partial charge in [-0.1, -0.05) is 12.1 Å². The second-order valence-electron chi connectivity index (χ2n) is 7.23. The zero-order valence-electron chi connectivity index (χ0n) is 16.7. The number of hydrogen-bond acceptors (Lipinski definition) is 5. The zero-order valence-corrected chi connectivity index (χ0v) is 16.7. The fourth-order valence-electron chi connectivity index (χ4n) is 3.64. The number of hydrogen-bond donors (Lipinski definition) is 3. The lowest BCUT2D eigenvalue weighted by Gasteiger charge is -2.37. The molecule has 2 aromatic heterocycles. The van der Waals surface area contributed by atoms with E-state index in [-0.39, 0.29) is 11.4 Å². The molecule has 7 nitrogen and oxygen atoms in total. The maximum absolute atomic E-state index is 13.4. The summed E-state index contributed by atoms with van der Waals surface area (Å²) in [7, 11) is 0. The van der Waals surface area contributed by atoms with Gasteiger partial charge in [-0.05, 0) is 54.6 Å². The molecule has 158 valence electrons. The molecule has 0 saturated heterocycles. The van der Waals surface area contributed by atoms with E-state index >= 15 is 0 Å². The van der Waals surface area contributed by atoms with E-state index in [1.54, 1.807) is 42.9 Å². The van der Waals surface area contributed by atoms with Crippen LogP contribution in [0, 0.1) is 11.2 Å². The molecule has 1 unspecified atom stereocenters. The van der Waals surface area contributed by atoms with E-state index in [1.165, 1.54) is 18.2 Å². The molecule has 0 radical (unpaired) electrons. The topological polar surface area (TPSA) is 94.2 Å². The van der Waals surface area contributed by atoms with Gasteiger partial charge in [0.05, 0.1) is 11.8 Å². The van der Waals surface area contributed by atoms with Crippen molar-refractivity contribution in [2.24, 2.45) is 0 Å². The second-order valence-corrected chi connectivity index (χ2v) is 7.23. The number of nitrogens with one attached hydrogen (secondary N) is 3. The fourth-order valence-corrected chi connectivity index (χ4v) is 3.64. The van der Waals surface area contributed by atoms with Gasteiger partial charge in [-0.2, -0.15) is 0 Å². The van der Waals surface area contributed by atoms with Crippen molar-refractivity contribution in [1.82, 2.24) is 4.98 Å². The minimum atomic E-state index is -0.468. The third-order valence-corrected chi connectivity index (χ3v) is 5.18. The van der Waals surface area contributed by atoms with Crippen LogP contribution in [0.15, 0.2) is 89.8 Å². The van der Waals surface area contributed by atoms with Gasteiger partial charge in [0.15, 0.2) is 0 Å². The molecule has 0 spiro atoms. The normalized spacial score (nSPS) is 15.1. The van der Waals surface area contributed by atoms with E-state index in [2.05, 4.69) is 15.6 Å². The number of aromatic nitrogens is 1. The number of carbonyl (C=O) groups is 1. The van der Waals surface area contributed by atoms with Gasteiger partial charge < -0.3 is 20.0 Å². The molecule has 0 bridgehead atoms. The molecule has 32 heavy (non-hydrogen) atoms. The number of furan rings is 1. The standard InChI is InChI=1S/C24H18FN5O2/c25-17-5-1-3-15(13-17)23(31)28-18-6-8-19(9-7-18)30-21(26)20-10-12-32-24(20)29-22(30)16-4-2-11-27-14-16/h1-14,22,26,29H,(H,28,31). The molecule has 8 heteroatoms. The smallest absolute Gasteiger partial charge is 0.255 e. The van der Waals surface area contributed by atoms with Crippen molar-refractivity contribution in [3.63, 3.8) is 0 Å². The SMILES string of the molecule is N=C1c2ccoc2NC(c2cccnc2)N1c1ccc(NC(=O)c2cccc(F)c2)cc1. The number of pyridine rings is 1. The molecular formula is C24H18FN5O2. The molecule has 1 aliphatic rings. The molecule has 3 heterocycles. The first-order chi connectivity index (χ1) is 15.6. The number of anilines is 3. The third kappa shape index (κ3) is 3.58. The minimum absolute atomic E-state index is 0.236. The van der Waals surface area contributed by atoms with E-state index in [4.69, 9.17) is 9.83 Å². The second kappa shape index (κ2) is 7.99. The lowest BCUT2D eigenvalue weighted by atomic mass is 10.1. The van der Waals surface area contributed by atoms with E-state index < -0.39 is 17.9 Å². The Morgan fingerprint density at radius 2 is 1.97 bits per heavy atom. The lowest BCUT2D eigenvalue weighted by molar-refractivity contribution is 0.102. The Kier molecular flexibility index (Phi) is 4.87. The number of nitrogens with zero attached hydrogens (tertiary/aromatic N) is 2. The van der Waals surface area contributed by atoms with Crippen molar-refractivity contribution in [3.05, 3.63) is 108 Å². The van der Waals surface area contributed by atoms with Crippen molar-refractivity contribution in [1.29, 1.82) is 5.41 Å². The van der Waals surface area contributed by atoms with Crippen LogP contribution >= 0.6 is 0 Å². The van der Waals surface area contributed by atoms with Crippen LogP contribution in [0.5, 0.6) is 0 Å². The number of halogens is 1. The number of amides is 1. The third-order valence-electron chi connectivity index (χ3n) is 5.18. The number of benzene rings is 2. The predicted molar refractivity (Wildman–Crippen MR) is 119 cm³/mol. The van der Waals surface area contributed by atoms with Gasteiger partial charge in [0.2, 0.25) is 5.88 Å². The molecule has 1 atom stereocenters. The maximum atomic E-state index is 13.4. The number of carbonyl (C=O) groups excluding carboxylic acids is 1. The van der Waals surface area contributed by atoms with Crippen LogP contribution in [0.3, 0.4) is 0 Å². The molecule has 0 aliphatic carbocycles. The molecule has 2 aromatic carbocycles. The van der Waals surface area contributed by atoms with Gasteiger partial charge in [-0.3, -0.25) is 15.2 Å².